The van der Waals surface area contributed by atoms with Crippen LogP contribution in [0.2, 0.25) is 0 Å². The van der Waals surface area contributed by atoms with Gasteiger partial charge in [0.2, 0.25) is 0 Å². The van der Waals surface area contributed by atoms with Gasteiger partial charge in [-0.2, -0.15) is 0 Å². The number of hydrogen-bond acceptors (Lipinski definition) is 5. The summed E-state index contributed by atoms with van der Waals surface area (Å²) in [5, 5.41) is 11.7. The molecule has 1 amide bonds. The normalized spacial score (nSPS) is 11.9. The quantitative estimate of drug-likeness (QED) is 0.677. The molecule has 0 saturated heterocycles. The monoisotopic (exact) mass is 281 g/mol. The lowest BCUT2D eigenvalue weighted by Gasteiger charge is -2.17. The third kappa shape index (κ3) is 4.20. The maximum atomic E-state index is 11.5. The molecule has 1 heterocycles. The summed E-state index contributed by atoms with van der Waals surface area (Å²) in [5.41, 5.74) is 7.11. The molecule has 0 aliphatic rings. The Kier molecular flexibility index (Phi) is 5.45. The summed E-state index contributed by atoms with van der Waals surface area (Å²) in [7, 11) is 1.43. The van der Waals surface area contributed by atoms with Crippen molar-refractivity contribution in [3.63, 3.8) is 0 Å². The number of ether oxygens (including phenoxy) is 1. The van der Waals surface area contributed by atoms with Gasteiger partial charge in [0.05, 0.1) is 18.1 Å². The molecule has 1 atom stereocenters. The van der Waals surface area contributed by atoms with Crippen molar-refractivity contribution in [1.82, 2.24) is 4.98 Å². The number of nitrogens with two attached hydrogens (primary N) is 1. The maximum absolute atomic E-state index is 11.5. The van der Waals surface area contributed by atoms with E-state index in [1.165, 1.54) is 7.11 Å². The van der Waals surface area contributed by atoms with E-state index in [0.29, 0.717) is 11.4 Å². The van der Waals surface area contributed by atoms with Crippen LogP contribution in [0.1, 0.15) is 28.0 Å². The second kappa shape index (κ2) is 6.85. The number of carboxylic acid groups (broad SMARTS) is 1. The SMILES string of the molecule is COC(CNc1nc(C)cc(C)c1C(N)=O)CC(=O)O. The fraction of sp³-hybridized carbons (Fsp3) is 0.462. The highest BCUT2D eigenvalue weighted by atomic mass is 16.5. The average molecular weight is 281 g/mol. The van der Waals surface area contributed by atoms with E-state index in [1.54, 1.807) is 19.9 Å². The Morgan fingerprint density at radius 3 is 2.65 bits per heavy atom. The minimum atomic E-state index is -0.956. The average Bonchev–Trinajstić information content (AvgIpc) is 2.32. The number of aryl methyl sites for hydroxylation is 2. The van der Waals surface area contributed by atoms with Crippen LogP contribution in [-0.2, 0) is 9.53 Å². The van der Waals surface area contributed by atoms with Crippen LogP contribution in [0.15, 0.2) is 6.07 Å². The molecule has 0 bridgehead atoms. The minimum Gasteiger partial charge on any atom is -0.481 e. The molecule has 1 aromatic rings. The first-order valence-electron chi connectivity index (χ1n) is 6.11. The molecule has 0 fully saturated rings. The predicted molar refractivity (Wildman–Crippen MR) is 73.8 cm³/mol. The van der Waals surface area contributed by atoms with Crippen molar-refractivity contribution < 1.29 is 19.4 Å². The number of rotatable bonds is 7. The molecule has 0 aliphatic heterocycles. The van der Waals surface area contributed by atoms with E-state index in [2.05, 4.69) is 10.3 Å². The Morgan fingerprint density at radius 2 is 2.15 bits per heavy atom. The summed E-state index contributed by atoms with van der Waals surface area (Å²) in [6.45, 7) is 3.79. The van der Waals surface area contributed by atoms with E-state index in [4.69, 9.17) is 15.6 Å². The molecule has 1 unspecified atom stereocenters. The summed E-state index contributed by atoms with van der Waals surface area (Å²) in [4.78, 5) is 26.4. The fourth-order valence-electron chi connectivity index (χ4n) is 1.92. The molecule has 1 aromatic heterocycles. The van der Waals surface area contributed by atoms with E-state index >= 15 is 0 Å². The van der Waals surface area contributed by atoms with Gasteiger partial charge in [-0.3, -0.25) is 9.59 Å². The zero-order chi connectivity index (χ0) is 15.3. The molecule has 0 saturated carbocycles. The van der Waals surface area contributed by atoms with Crippen LogP contribution in [-0.4, -0.2) is 41.7 Å². The molecule has 0 spiro atoms. The first kappa shape index (κ1) is 15.9. The van der Waals surface area contributed by atoms with E-state index in [-0.39, 0.29) is 13.0 Å². The number of pyridine rings is 1. The predicted octanol–water partition coefficient (Wildman–Crippen LogP) is 0.699. The standard InChI is InChI=1S/C13H19N3O4/c1-7-4-8(2)16-13(11(7)12(14)19)15-6-9(20-3)5-10(17)18/h4,9H,5-6H2,1-3H3,(H2,14,19)(H,15,16)(H,17,18). The van der Waals surface area contributed by atoms with Crippen molar-refractivity contribution in [3.05, 3.63) is 22.9 Å². The number of methoxy groups -OCH3 is 1. The number of carbonyl (C=O) groups excluding carboxylic acids is 1. The van der Waals surface area contributed by atoms with Crippen molar-refractivity contribution >= 4 is 17.7 Å². The fourth-order valence-corrected chi connectivity index (χ4v) is 1.92. The van der Waals surface area contributed by atoms with Crippen LogP contribution in [0, 0.1) is 13.8 Å². The molecule has 0 aliphatic carbocycles. The Labute approximate surface area is 117 Å². The van der Waals surface area contributed by atoms with Crippen molar-refractivity contribution in [1.29, 1.82) is 0 Å². The van der Waals surface area contributed by atoms with Crippen LogP contribution >= 0.6 is 0 Å². The van der Waals surface area contributed by atoms with Gasteiger partial charge in [-0.25, -0.2) is 4.98 Å². The number of nitrogens with one attached hydrogen (secondary N) is 1. The molecule has 7 heteroatoms. The number of carboxylic acids is 1. The van der Waals surface area contributed by atoms with Crippen LogP contribution in [0.3, 0.4) is 0 Å². The molecule has 0 aromatic carbocycles. The highest BCUT2D eigenvalue weighted by molar-refractivity contribution is 5.99. The zero-order valence-electron chi connectivity index (χ0n) is 11.8. The van der Waals surface area contributed by atoms with Gasteiger partial charge in [0.15, 0.2) is 0 Å². The number of nitrogens with zero attached hydrogens (tertiary/aromatic N) is 1. The number of primary amides is 1. The number of aromatic nitrogens is 1. The van der Waals surface area contributed by atoms with Gasteiger partial charge in [-0.15, -0.1) is 0 Å². The third-order valence-electron chi connectivity index (χ3n) is 2.82. The Balaban J connectivity index is 2.91. The smallest absolute Gasteiger partial charge is 0.306 e. The van der Waals surface area contributed by atoms with Gasteiger partial charge in [-0.05, 0) is 25.5 Å². The summed E-state index contributed by atoms with van der Waals surface area (Å²) in [6.07, 6.45) is -0.656. The first-order chi connectivity index (χ1) is 9.35. The van der Waals surface area contributed by atoms with Gasteiger partial charge in [0, 0.05) is 19.3 Å². The molecule has 1 rings (SSSR count). The Morgan fingerprint density at radius 1 is 1.50 bits per heavy atom. The van der Waals surface area contributed by atoms with Crippen molar-refractivity contribution in [2.75, 3.05) is 19.0 Å². The van der Waals surface area contributed by atoms with E-state index in [0.717, 1.165) is 11.3 Å². The largest absolute Gasteiger partial charge is 0.481 e. The number of amides is 1. The highest BCUT2D eigenvalue weighted by Crippen LogP contribution is 2.18. The summed E-state index contributed by atoms with van der Waals surface area (Å²) >= 11 is 0. The molecule has 110 valence electrons. The number of hydrogen-bond donors (Lipinski definition) is 3. The second-order valence-corrected chi connectivity index (χ2v) is 4.50. The topological polar surface area (TPSA) is 115 Å². The number of anilines is 1. The Bertz CT molecular complexity index is 517. The van der Waals surface area contributed by atoms with Gasteiger partial charge in [-0.1, -0.05) is 0 Å². The third-order valence-corrected chi connectivity index (χ3v) is 2.82. The lowest BCUT2D eigenvalue weighted by molar-refractivity contribution is -0.139. The number of aliphatic carboxylic acids is 1. The van der Waals surface area contributed by atoms with E-state index in [9.17, 15) is 9.59 Å². The minimum absolute atomic E-state index is 0.139. The van der Waals surface area contributed by atoms with Gasteiger partial charge in [0.25, 0.3) is 5.91 Å². The zero-order valence-corrected chi connectivity index (χ0v) is 11.8. The van der Waals surface area contributed by atoms with Gasteiger partial charge < -0.3 is 20.9 Å². The second-order valence-electron chi connectivity index (χ2n) is 4.50. The molecule has 0 radical (unpaired) electrons. The molecule has 20 heavy (non-hydrogen) atoms. The van der Waals surface area contributed by atoms with Crippen molar-refractivity contribution in [2.24, 2.45) is 5.73 Å². The summed E-state index contributed by atoms with van der Waals surface area (Å²) in [6, 6.07) is 1.76. The molecular formula is C13H19N3O4. The summed E-state index contributed by atoms with van der Waals surface area (Å²) < 4.78 is 5.06. The van der Waals surface area contributed by atoms with Crippen LogP contribution in [0.4, 0.5) is 5.82 Å². The molecule has 4 N–H and O–H groups in total. The molecular weight excluding hydrogens is 262 g/mol. The van der Waals surface area contributed by atoms with Crippen molar-refractivity contribution in [3.8, 4) is 0 Å². The first-order valence-corrected chi connectivity index (χ1v) is 6.11. The molecule has 7 nitrogen and oxygen atoms in total. The van der Waals surface area contributed by atoms with Gasteiger partial charge >= 0.3 is 5.97 Å². The lowest BCUT2D eigenvalue weighted by Crippen LogP contribution is -2.27. The lowest BCUT2D eigenvalue weighted by atomic mass is 10.1. The van der Waals surface area contributed by atoms with E-state index in [1.807, 2.05) is 0 Å². The van der Waals surface area contributed by atoms with Gasteiger partial charge in [0.1, 0.15) is 5.82 Å². The van der Waals surface area contributed by atoms with Crippen molar-refractivity contribution in [2.45, 2.75) is 26.4 Å². The van der Waals surface area contributed by atoms with Crippen LogP contribution in [0.5, 0.6) is 0 Å². The Hall–Kier alpha value is -2.15. The summed E-state index contributed by atoms with van der Waals surface area (Å²) in [5.74, 6) is -1.19. The van der Waals surface area contributed by atoms with E-state index < -0.39 is 18.0 Å². The maximum Gasteiger partial charge on any atom is 0.306 e. The highest BCUT2D eigenvalue weighted by Gasteiger charge is 2.17. The number of carbonyl (C=O) groups is 2. The van der Waals surface area contributed by atoms with Crippen LogP contribution in [0.25, 0.3) is 0 Å². The van der Waals surface area contributed by atoms with Crippen LogP contribution < -0.4 is 11.1 Å².